The van der Waals surface area contributed by atoms with Crippen LogP contribution in [0.2, 0.25) is 10.0 Å². The van der Waals surface area contributed by atoms with Crippen LogP contribution in [-0.2, 0) is 24.2 Å². The molecule has 132 valence electrons. The highest BCUT2D eigenvalue weighted by atomic mass is 35.5. The number of halogens is 2. The summed E-state index contributed by atoms with van der Waals surface area (Å²) < 4.78 is 5.88. The number of carboxylic acid groups (broad SMARTS) is 1. The van der Waals surface area contributed by atoms with Gasteiger partial charge in [-0.15, -0.1) is 0 Å². The maximum Gasteiger partial charge on any atom is 0.303 e. The summed E-state index contributed by atoms with van der Waals surface area (Å²) in [5.74, 6) is 0.545. The molecular formula is C20H20Cl2O3. The Balaban J connectivity index is 1.63. The number of benzene rings is 2. The number of rotatable bonds is 6. The Hall–Kier alpha value is -1.71. The van der Waals surface area contributed by atoms with E-state index in [4.69, 9.17) is 33.0 Å². The first kappa shape index (κ1) is 18.1. The molecule has 0 aliphatic heterocycles. The zero-order valence-corrected chi connectivity index (χ0v) is 15.3. The number of fused-ring (bicyclic) bond motifs is 1. The summed E-state index contributed by atoms with van der Waals surface area (Å²) in [6.45, 7) is 0.332. The van der Waals surface area contributed by atoms with E-state index in [2.05, 4.69) is 12.1 Å². The lowest BCUT2D eigenvalue weighted by molar-refractivity contribution is -0.137. The third-order valence-electron chi connectivity index (χ3n) is 4.72. The summed E-state index contributed by atoms with van der Waals surface area (Å²) in [7, 11) is 0. The summed E-state index contributed by atoms with van der Waals surface area (Å²) >= 11 is 12.3. The zero-order valence-electron chi connectivity index (χ0n) is 13.8. The molecule has 0 heterocycles. The van der Waals surface area contributed by atoms with E-state index in [1.54, 1.807) is 12.1 Å². The molecule has 25 heavy (non-hydrogen) atoms. The smallest absolute Gasteiger partial charge is 0.303 e. The summed E-state index contributed by atoms with van der Waals surface area (Å²) in [5, 5.41) is 10.0. The fourth-order valence-corrected chi connectivity index (χ4v) is 3.80. The zero-order chi connectivity index (χ0) is 17.8. The largest absolute Gasteiger partial charge is 0.489 e. The average Bonchev–Trinajstić information content (AvgIpc) is 2.59. The van der Waals surface area contributed by atoms with Crippen LogP contribution in [0.4, 0.5) is 0 Å². The van der Waals surface area contributed by atoms with E-state index >= 15 is 0 Å². The van der Waals surface area contributed by atoms with Crippen molar-refractivity contribution >= 4 is 29.2 Å². The molecular weight excluding hydrogens is 359 g/mol. The predicted molar refractivity (Wildman–Crippen MR) is 99.6 cm³/mol. The first-order valence-corrected chi connectivity index (χ1v) is 9.18. The fraction of sp³-hybridized carbons (Fsp3) is 0.350. The van der Waals surface area contributed by atoms with Gasteiger partial charge in [-0.3, -0.25) is 4.79 Å². The molecule has 1 aliphatic rings. The van der Waals surface area contributed by atoms with Crippen LogP contribution in [-0.4, -0.2) is 11.1 Å². The van der Waals surface area contributed by atoms with Gasteiger partial charge in [-0.05, 0) is 67.0 Å². The van der Waals surface area contributed by atoms with Crippen molar-refractivity contribution in [1.29, 1.82) is 0 Å². The standard InChI is InChI=1S/C20H20Cl2O3/c21-18-2-1-3-19(22)17(18)12-25-16-8-7-14-10-13(5-9-20(23)24)4-6-15(14)11-16/h1-3,7-8,11,13H,4-6,9-10,12H2,(H,23,24). The van der Waals surface area contributed by atoms with Crippen molar-refractivity contribution in [3.8, 4) is 5.75 Å². The molecule has 1 unspecified atom stereocenters. The van der Waals surface area contributed by atoms with Crippen LogP contribution >= 0.6 is 23.2 Å². The van der Waals surface area contributed by atoms with Gasteiger partial charge in [0.05, 0.1) is 0 Å². The number of carboxylic acids is 1. The number of aliphatic carboxylic acids is 1. The van der Waals surface area contributed by atoms with Crippen molar-refractivity contribution in [2.24, 2.45) is 5.92 Å². The lowest BCUT2D eigenvalue weighted by Crippen LogP contribution is -2.15. The molecule has 0 amide bonds. The highest BCUT2D eigenvalue weighted by molar-refractivity contribution is 6.35. The average molecular weight is 379 g/mol. The monoisotopic (exact) mass is 378 g/mol. The van der Waals surface area contributed by atoms with Crippen LogP contribution < -0.4 is 4.74 Å². The van der Waals surface area contributed by atoms with Gasteiger partial charge < -0.3 is 9.84 Å². The van der Waals surface area contributed by atoms with Crippen molar-refractivity contribution in [2.45, 2.75) is 38.7 Å². The maximum atomic E-state index is 10.7. The lowest BCUT2D eigenvalue weighted by atomic mass is 9.81. The number of carbonyl (C=O) groups is 1. The molecule has 1 atom stereocenters. The van der Waals surface area contributed by atoms with Crippen molar-refractivity contribution in [3.05, 3.63) is 63.1 Å². The van der Waals surface area contributed by atoms with Crippen molar-refractivity contribution < 1.29 is 14.6 Å². The van der Waals surface area contributed by atoms with Crippen molar-refractivity contribution in [1.82, 2.24) is 0 Å². The van der Waals surface area contributed by atoms with Gasteiger partial charge in [0.15, 0.2) is 0 Å². The van der Waals surface area contributed by atoms with Crippen LogP contribution in [0.25, 0.3) is 0 Å². The number of aryl methyl sites for hydroxylation is 1. The minimum atomic E-state index is -0.715. The fourth-order valence-electron chi connectivity index (χ4n) is 3.30. The number of ether oxygens (including phenoxy) is 1. The molecule has 0 radical (unpaired) electrons. The first-order valence-electron chi connectivity index (χ1n) is 8.42. The van der Waals surface area contributed by atoms with Crippen LogP contribution in [0.1, 0.15) is 36.0 Å². The topological polar surface area (TPSA) is 46.5 Å². The SMILES string of the molecule is O=C(O)CCC1CCc2cc(OCc3c(Cl)cccc3Cl)ccc2C1. The molecule has 0 fully saturated rings. The van der Waals surface area contributed by atoms with Gasteiger partial charge in [-0.1, -0.05) is 35.3 Å². The first-order chi connectivity index (χ1) is 12.0. The quantitative estimate of drug-likeness (QED) is 0.717. The predicted octanol–water partition coefficient (Wildman–Crippen LogP) is 5.54. The third-order valence-corrected chi connectivity index (χ3v) is 5.43. The Morgan fingerprint density at radius 1 is 1.16 bits per heavy atom. The molecule has 1 aliphatic carbocycles. The van der Waals surface area contributed by atoms with Crippen LogP contribution in [0.3, 0.4) is 0 Å². The van der Waals surface area contributed by atoms with Gasteiger partial charge in [0.1, 0.15) is 12.4 Å². The minimum absolute atomic E-state index is 0.250. The maximum absolute atomic E-state index is 10.7. The van der Waals surface area contributed by atoms with E-state index in [0.717, 1.165) is 37.0 Å². The van der Waals surface area contributed by atoms with Crippen molar-refractivity contribution in [3.63, 3.8) is 0 Å². The third kappa shape index (κ3) is 4.68. The Morgan fingerprint density at radius 2 is 1.92 bits per heavy atom. The van der Waals surface area contributed by atoms with Gasteiger partial charge in [-0.2, -0.15) is 0 Å². The van der Waals surface area contributed by atoms with Crippen LogP contribution in [0.5, 0.6) is 5.75 Å². The summed E-state index contributed by atoms with van der Waals surface area (Å²) in [6.07, 6.45) is 3.93. The lowest BCUT2D eigenvalue weighted by Gasteiger charge is -2.24. The Morgan fingerprint density at radius 3 is 2.64 bits per heavy atom. The number of hydrogen-bond acceptors (Lipinski definition) is 2. The molecule has 3 rings (SSSR count). The van der Waals surface area contributed by atoms with E-state index < -0.39 is 5.97 Å². The normalized spacial score (nSPS) is 16.3. The highest BCUT2D eigenvalue weighted by Crippen LogP contribution is 2.32. The molecule has 0 saturated heterocycles. The van der Waals surface area contributed by atoms with Gasteiger partial charge >= 0.3 is 5.97 Å². The molecule has 3 nitrogen and oxygen atoms in total. The Bertz CT molecular complexity index is 753. The Labute approximate surface area is 157 Å². The van der Waals surface area contributed by atoms with E-state index in [0.29, 0.717) is 22.6 Å². The van der Waals surface area contributed by atoms with Gasteiger partial charge in [0.2, 0.25) is 0 Å². The summed E-state index contributed by atoms with van der Waals surface area (Å²) in [5.41, 5.74) is 3.37. The highest BCUT2D eigenvalue weighted by Gasteiger charge is 2.20. The number of hydrogen-bond donors (Lipinski definition) is 1. The van der Waals surface area contributed by atoms with Gasteiger partial charge in [0.25, 0.3) is 0 Å². The van der Waals surface area contributed by atoms with E-state index in [1.165, 1.54) is 11.1 Å². The second-order valence-corrected chi connectivity index (χ2v) is 7.28. The molecule has 2 aromatic rings. The minimum Gasteiger partial charge on any atom is -0.489 e. The summed E-state index contributed by atoms with van der Waals surface area (Å²) in [6, 6.07) is 11.5. The molecule has 5 heteroatoms. The van der Waals surface area contributed by atoms with Crippen molar-refractivity contribution in [2.75, 3.05) is 0 Å². The molecule has 2 aromatic carbocycles. The Kier molecular flexibility index (Phi) is 5.87. The van der Waals surface area contributed by atoms with Crippen LogP contribution in [0.15, 0.2) is 36.4 Å². The van der Waals surface area contributed by atoms with Crippen LogP contribution in [0, 0.1) is 5.92 Å². The molecule has 0 aromatic heterocycles. The van der Waals surface area contributed by atoms with E-state index in [-0.39, 0.29) is 6.42 Å². The van der Waals surface area contributed by atoms with E-state index in [1.807, 2.05) is 12.1 Å². The van der Waals surface area contributed by atoms with Gasteiger partial charge in [0, 0.05) is 22.0 Å². The molecule has 0 spiro atoms. The second kappa shape index (κ2) is 8.11. The van der Waals surface area contributed by atoms with Gasteiger partial charge in [-0.25, -0.2) is 0 Å². The summed E-state index contributed by atoms with van der Waals surface area (Å²) in [4.78, 5) is 10.7. The molecule has 0 saturated carbocycles. The van der Waals surface area contributed by atoms with E-state index in [9.17, 15) is 4.79 Å². The molecule has 0 bridgehead atoms. The second-order valence-electron chi connectivity index (χ2n) is 6.46. The molecule has 1 N–H and O–H groups in total.